The second-order valence-electron chi connectivity index (χ2n) is 3.50. The highest BCUT2D eigenvalue weighted by Crippen LogP contribution is 2.24. The second-order valence-corrected chi connectivity index (χ2v) is 3.50. The van der Waals surface area contributed by atoms with Crippen LogP contribution in [-0.2, 0) is 0 Å². The molecule has 0 aliphatic heterocycles. The third-order valence-corrected chi connectivity index (χ3v) is 2.52. The fourth-order valence-electron chi connectivity index (χ4n) is 1.66. The Kier molecular flexibility index (Phi) is 2.30. The number of rotatable bonds is 2. The monoisotopic (exact) mass is 195 g/mol. The maximum atomic E-state index is 5.89. The van der Waals surface area contributed by atoms with Crippen LogP contribution in [0.3, 0.4) is 0 Å². The van der Waals surface area contributed by atoms with E-state index in [0.29, 0.717) is 0 Å². The Morgan fingerprint density at radius 1 is 0.933 bits per heavy atom. The second kappa shape index (κ2) is 3.62. The van der Waals surface area contributed by atoms with Crippen molar-refractivity contribution in [2.75, 3.05) is 5.73 Å². The summed E-state index contributed by atoms with van der Waals surface area (Å²) in [5.74, 6) is 0. The normalized spacial score (nSPS) is 10.1. The predicted octanol–water partition coefficient (Wildman–Crippen LogP) is 3.71. The summed E-state index contributed by atoms with van der Waals surface area (Å²) in [6.45, 7) is 7.48. The molecule has 1 heteroatoms. The number of nitrogen functional groups attached to an aromatic ring is 1. The summed E-state index contributed by atoms with van der Waals surface area (Å²) in [4.78, 5) is 0. The molecule has 2 aromatic carbocycles. The fraction of sp³-hybridized carbons (Fsp3) is 0. The van der Waals surface area contributed by atoms with E-state index in [1.165, 1.54) is 5.39 Å². The molecule has 2 N–H and O–H groups in total. The molecule has 1 nitrogen and oxygen atoms in total. The number of hydrogen-bond donors (Lipinski definition) is 1. The molecular weight excluding hydrogens is 182 g/mol. The van der Waals surface area contributed by atoms with Crippen LogP contribution >= 0.6 is 0 Å². The number of fused-ring (bicyclic) bond motifs is 1. The van der Waals surface area contributed by atoms with Gasteiger partial charge in [0.1, 0.15) is 0 Å². The zero-order chi connectivity index (χ0) is 10.8. The minimum Gasteiger partial charge on any atom is -0.398 e. The van der Waals surface area contributed by atoms with Crippen LogP contribution in [0.5, 0.6) is 0 Å². The molecule has 2 aromatic rings. The molecule has 2 rings (SSSR count). The van der Waals surface area contributed by atoms with Gasteiger partial charge in [-0.05, 0) is 40.1 Å². The average molecular weight is 195 g/mol. The molecule has 0 unspecified atom stereocenters. The lowest BCUT2D eigenvalue weighted by atomic mass is 10.0. The Balaban J connectivity index is 2.75. The highest BCUT2D eigenvalue weighted by Gasteiger charge is 1.99. The number of nitrogens with two attached hydrogens (primary N) is 1. The van der Waals surface area contributed by atoms with E-state index < -0.39 is 0 Å². The van der Waals surface area contributed by atoms with E-state index in [1.54, 1.807) is 6.08 Å². The maximum Gasteiger partial charge on any atom is 0.0393 e. The van der Waals surface area contributed by atoms with Gasteiger partial charge in [0.2, 0.25) is 0 Å². The van der Waals surface area contributed by atoms with Crippen molar-refractivity contribution in [1.82, 2.24) is 0 Å². The van der Waals surface area contributed by atoms with Gasteiger partial charge < -0.3 is 5.73 Å². The summed E-state index contributed by atoms with van der Waals surface area (Å²) in [5.41, 5.74) is 8.74. The van der Waals surface area contributed by atoms with Crippen molar-refractivity contribution in [3.63, 3.8) is 0 Å². The SMILES string of the molecule is C=Cc1ccc2cc(C=C)c(N)cc2c1. The minimum atomic E-state index is 0.763. The Morgan fingerprint density at radius 3 is 2.40 bits per heavy atom. The van der Waals surface area contributed by atoms with Gasteiger partial charge >= 0.3 is 0 Å². The van der Waals surface area contributed by atoms with Crippen LogP contribution in [-0.4, -0.2) is 0 Å². The summed E-state index contributed by atoms with van der Waals surface area (Å²) < 4.78 is 0. The van der Waals surface area contributed by atoms with Crippen molar-refractivity contribution < 1.29 is 0 Å². The predicted molar refractivity (Wildman–Crippen MR) is 68.5 cm³/mol. The topological polar surface area (TPSA) is 26.0 Å². The first-order chi connectivity index (χ1) is 7.24. The molecule has 0 saturated carbocycles. The van der Waals surface area contributed by atoms with Gasteiger partial charge in [-0.3, -0.25) is 0 Å². The van der Waals surface area contributed by atoms with E-state index in [2.05, 4.69) is 25.3 Å². The summed E-state index contributed by atoms with van der Waals surface area (Å²) in [6, 6.07) is 10.2. The van der Waals surface area contributed by atoms with Crippen molar-refractivity contribution in [2.45, 2.75) is 0 Å². The number of hydrogen-bond acceptors (Lipinski definition) is 1. The van der Waals surface area contributed by atoms with E-state index in [-0.39, 0.29) is 0 Å². The Hall–Kier alpha value is -2.02. The molecule has 0 spiro atoms. The molecule has 0 atom stereocenters. The van der Waals surface area contributed by atoms with Crippen LogP contribution in [0.4, 0.5) is 5.69 Å². The van der Waals surface area contributed by atoms with Gasteiger partial charge in [0.15, 0.2) is 0 Å². The maximum absolute atomic E-state index is 5.89. The smallest absolute Gasteiger partial charge is 0.0393 e. The molecule has 0 bridgehead atoms. The lowest BCUT2D eigenvalue weighted by Gasteiger charge is -2.05. The molecule has 0 amide bonds. The highest BCUT2D eigenvalue weighted by molar-refractivity contribution is 5.90. The quantitative estimate of drug-likeness (QED) is 0.726. The molecule has 0 saturated heterocycles. The zero-order valence-electron chi connectivity index (χ0n) is 8.53. The molecule has 0 aromatic heterocycles. The van der Waals surface area contributed by atoms with Gasteiger partial charge in [-0.1, -0.05) is 37.4 Å². The first-order valence-electron chi connectivity index (χ1n) is 4.83. The van der Waals surface area contributed by atoms with Crippen LogP contribution in [0.25, 0.3) is 22.9 Å². The van der Waals surface area contributed by atoms with Crippen molar-refractivity contribution in [3.05, 3.63) is 54.6 Å². The van der Waals surface area contributed by atoms with Crippen LogP contribution < -0.4 is 5.73 Å². The molecule has 0 aliphatic rings. The van der Waals surface area contributed by atoms with Gasteiger partial charge in [0.05, 0.1) is 0 Å². The van der Waals surface area contributed by atoms with Gasteiger partial charge in [-0.25, -0.2) is 0 Å². The van der Waals surface area contributed by atoms with Gasteiger partial charge in [-0.15, -0.1) is 0 Å². The lowest BCUT2D eigenvalue weighted by Crippen LogP contribution is -1.89. The van der Waals surface area contributed by atoms with E-state index in [9.17, 15) is 0 Å². The van der Waals surface area contributed by atoms with Crippen LogP contribution in [0.1, 0.15) is 11.1 Å². The summed E-state index contributed by atoms with van der Waals surface area (Å²) in [7, 11) is 0. The summed E-state index contributed by atoms with van der Waals surface area (Å²) >= 11 is 0. The zero-order valence-corrected chi connectivity index (χ0v) is 8.53. The van der Waals surface area contributed by atoms with E-state index in [1.807, 2.05) is 24.3 Å². The Morgan fingerprint density at radius 2 is 1.73 bits per heavy atom. The third-order valence-electron chi connectivity index (χ3n) is 2.52. The largest absolute Gasteiger partial charge is 0.398 e. The molecule has 0 fully saturated rings. The number of anilines is 1. The van der Waals surface area contributed by atoms with E-state index >= 15 is 0 Å². The van der Waals surface area contributed by atoms with Crippen molar-refractivity contribution in [2.24, 2.45) is 0 Å². The molecule has 0 aliphatic carbocycles. The summed E-state index contributed by atoms with van der Waals surface area (Å²) in [5, 5.41) is 2.31. The van der Waals surface area contributed by atoms with Gasteiger partial charge in [0.25, 0.3) is 0 Å². The van der Waals surface area contributed by atoms with Crippen LogP contribution in [0, 0.1) is 0 Å². The standard InChI is InChI=1S/C14H13N/c1-3-10-5-6-12-8-11(4-2)14(15)9-13(12)7-10/h3-9H,1-2,15H2. The van der Waals surface area contributed by atoms with Gasteiger partial charge in [-0.2, -0.15) is 0 Å². The molecule has 74 valence electrons. The van der Waals surface area contributed by atoms with Gasteiger partial charge in [0, 0.05) is 5.69 Å². The first kappa shape index (κ1) is 9.53. The Bertz CT molecular complexity index is 538. The molecule has 0 radical (unpaired) electrons. The van der Waals surface area contributed by atoms with Crippen LogP contribution in [0.2, 0.25) is 0 Å². The highest BCUT2D eigenvalue weighted by atomic mass is 14.6. The minimum absolute atomic E-state index is 0.763. The third kappa shape index (κ3) is 1.64. The Labute approximate surface area is 89.5 Å². The van der Waals surface area contributed by atoms with Crippen molar-refractivity contribution in [3.8, 4) is 0 Å². The molecule has 15 heavy (non-hydrogen) atoms. The van der Waals surface area contributed by atoms with Crippen molar-refractivity contribution >= 4 is 28.6 Å². The molecule has 0 heterocycles. The number of benzene rings is 2. The summed E-state index contributed by atoms with van der Waals surface area (Å²) in [6.07, 6.45) is 3.60. The van der Waals surface area contributed by atoms with Crippen LogP contribution in [0.15, 0.2) is 43.5 Å². The van der Waals surface area contributed by atoms with E-state index in [0.717, 1.165) is 22.2 Å². The van der Waals surface area contributed by atoms with E-state index in [4.69, 9.17) is 5.73 Å². The fourth-order valence-corrected chi connectivity index (χ4v) is 1.66. The molecular formula is C14H13N. The first-order valence-corrected chi connectivity index (χ1v) is 4.83. The lowest BCUT2D eigenvalue weighted by molar-refractivity contribution is 1.67. The van der Waals surface area contributed by atoms with Crippen molar-refractivity contribution in [1.29, 1.82) is 0 Å². The average Bonchev–Trinajstić information content (AvgIpc) is 2.27.